The van der Waals surface area contributed by atoms with Crippen molar-refractivity contribution in [3.63, 3.8) is 0 Å². The molecule has 1 saturated heterocycles. The van der Waals surface area contributed by atoms with Crippen LogP contribution in [-0.4, -0.2) is 24.8 Å². The van der Waals surface area contributed by atoms with Gasteiger partial charge in [-0.3, -0.25) is 4.79 Å². The van der Waals surface area contributed by atoms with Gasteiger partial charge < -0.3 is 9.47 Å². The topological polar surface area (TPSA) is 35.5 Å². The van der Waals surface area contributed by atoms with Gasteiger partial charge >= 0.3 is 0 Å². The molecule has 3 heteroatoms. The van der Waals surface area contributed by atoms with Crippen LogP contribution >= 0.6 is 0 Å². The van der Waals surface area contributed by atoms with Crippen molar-refractivity contribution in [1.29, 1.82) is 0 Å². The molecule has 2 fully saturated rings. The summed E-state index contributed by atoms with van der Waals surface area (Å²) in [5, 5.41) is 0. The SMILES string of the molecule is CC1(CCC2CCC(=O)C2)OCCO1. The second kappa shape index (κ2) is 3.99. The number of carbonyl (C=O) groups is 1. The smallest absolute Gasteiger partial charge is 0.165 e. The third-order valence-corrected chi connectivity index (χ3v) is 3.25. The van der Waals surface area contributed by atoms with Crippen molar-refractivity contribution in [3.05, 3.63) is 0 Å². The third kappa shape index (κ3) is 2.34. The molecule has 1 heterocycles. The predicted octanol–water partition coefficient (Wildman–Crippen LogP) is 1.90. The van der Waals surface area contributed by atoms with Crippen molar-refractivity contribution < 1.29 is 14.3 Å². The molecule has 1 atom stereocenters. The fraction of sp³-hybridized carbons (Fsp3) is 0.909. The lowest BCUT2D eigenvalue weighted by atomic mass is 9.98. The molecule has 1 aliphatic heterocycles. The van der Waals surface area contributed by atoms with E-state index in [2.05, 4.69) is 0 Å². The maximum atomic E-state index is 11.1. The maximum absolute atomic E-state index is 11.1. The lowest BCUT2D eigenvalue weighted by Crippen LogP contribution is -2.26. The molecule has 1 unspecified atom stereocenters. The van der Waals surface area contributed by atoms with Gasteiger partial charge in [-0.2, -0.15) is 0 Å². The average Bonchev–Trinajstić information content (AvgIpc) is 2.73. The van der Waals surface area contributed by atoms with E-state index >= 15 is 0 Å². The van der Waals surface area contributed by atoms with Gasteiger partial charge in [0.05, 0.1) is 13.2 Å². The average molecular weight is 198 g/mol. The van der Waals surface area contributed by atoms with Crippen LogP contribution in [0.3, 0.4) is 0 Å². The summed E-state index contributed by atoms with van der Waals surface area (Å²) < 4.78 is 11.0. The van der Waals surface area contributed by atoms with E-state index in [-0.39, 0.29) is 5.79 Å². The molecule has 0 N–H and O–H groups in total. The largest absolute Gasteiger partial charge is 0.348 e. The minimum Gasteiger partial charge on any atom is -0.348 e. The number of ether oxygens (including phenoxy) is 2. The van der Waals surface area contributed by atoms with Crippen LogP contribution in [0.4, 0.5) is 0 Å². The van der Waals surface area contributed by atoms with Crippen molar-refractivity contribution >= 4 is 5.78 Å². The van der Waals surface area contributed by atoms with Gasteiger partial charge in [-0.05, 0) is 25.7 Å². The molecule has 14 heavy (non-hydrogen) atoms. The Hall–Kier alpha value is -0.410. The molecular formula is C11H18O3. The summed E-state index contributed by atoms with van der Waals surface area (Å²) in [6.45, 7) is 3.41. The van der Waals surface area contributed by atoms with Crippen molar-refractivity contribution in [2.75, 3.05) is 13.2 Å². The summed E-state index contributed by atoms with van der Waals surface area (Å²) in [7, 11) is 0. The standard InChI is InChI=1S/C11H18O3/c1-11(13-6-7-14-11)5-4-9-2-3-10(12)8-9/h9H,2-8H2,1H3. The van der Waals surface area contributed by atoms with Crippen molar-refractivity contribution in [1.82, 2.24) is 0 Å². The molecule has 0 radical (unpaired) electrons. The highest BCUT2D eigenvalue weighted by Crippen LogP contribution is 2.31. The summed E-state index contributed by atoms with van der Waals surface area (Å²) in [4.78, 5) is 11.1. The van der Waals surface area contributed by atoms with E-state index < -0.39 is 0 Å². The summed E-state index contributed by atoms with van der Waals surface area (Å²) >= 11 is 0. The zero-order valence-electron chi connectivity index (χ0n) is 8.75. The van der Waals surface area contributed by atoms with Gasteiger partial charge in [0.2, 0.25) is 0 Å². The Kier molecular flexibility index (Phi) is 2.88. The lowest BCUT2D eigenvalue weighted by molar-refractivity contribution is -0.149. The van der Waals surface area contributed by atoms with Crippen LogP contribution in [-0.2, 0) is 14.3 Å². The molecular weight excluding hydrogens is 180 g/mol. The molecule has 1 saturated carbocycles. The molecule has 0 bridgehead atoms. The number of Topliss-reactive ketones (excluding diaryl/α,β-unsaturated/α-hetero) is 1. The van der Waals surface area contributed by atoms with E-state index in [1.807, 2.05) is 6.92 Å². The second-order valence-electron chi connectivity index (χ2n) is 4.52. The second-order valence-corrected chi connectivity index (χ2v) is 4.52. The highest BCUT2D eigenvalue weighted by molar-refractivity contribution is 5.80. The zero-order chi connectivity index (χ0) is 10.0. The first-order chi connectivity index (χ1) is 6.68. The zero-order valence-corrected chi connectivity index (χ0v) is 8.75. The Morgan fingerprint density at radius 3 is 2.71 bits per heavy atom. The van der Waals surface area contributed by atoms with E-state index in [9.17, 15) is 4.79 Å². The maximum Gasteiger partial charge on any atom is 0.165 e. The van der Waals surface area contributed by atoms with Crippen LogP contribution in [0.5, 0.6) is 0 Å². The minimum absolute atomic E-state index is 0.369. The highest BCUT2D eigenvalue weighted by atomic mass is 16.7. The van der Waals surface area contributed by atoms with E-state index in [4.69, 9.17) is 9.47 Å². The van der Waals surface area contributed by atoms with Gasteiger partial charge in [-0.1, -0.05) is 0 Å². The van der Waals surface area contributed by atoms with Crippen molar-refractivity contribution in [2.45, 2.75) is 44.8 Å². The number of hydrogen-bond acceptors (Lipinski definition) is 3. The van der Waals surface area contributed by atoms with E-state index in [0.29, 0.717) is 24.9 Å². The molecule has 0 amide bonds. The molecule has 2 aliphatic rings. The quantitative estimate of drug-likeness (QED) is 0.694. The Balaban J connectivity index is 1.74. The first kappa shape index (κ1) is 10.1. The van der Waals surface area contributed by atoms with Gasteiger partial charge in [0.25, 0.3) is 0 Å². The molecule has 80 valence electrons. The Bertz CT molecular complexity index is 219. The summed E-state index contributed by atoms with van der Waals surface area (Å²) in [6, 6.07) is 0. The van der Waals surface area contributed by atoms with Crippen molar-refractivity contribution in [2.24, 2.45) is 5.92 Å². The molecule has 0 aromatic heterocycles. The Morgan fingerprint density at radius 1 is 1.43 bits per heavy atom. The normalized spacial score (nSPS) is 31.2. The van der Waals surface area contributed by atoms with Gasteiger partial charge in [0.15, 0.2) is 5.79 Å². The monoisotopic (exact) mass is 198 g/mol. The summed E-state index contributed by atoms with van der Waals surface area (Å²) in [6.07, 6.45) is 4.60. The lowest BCUT2D eigenvalue weighted by Gasteiger charge is -2.23. The van der Waals surface area contributed by atoms with E-state index in [1.54, 1.807) is 0 Å². The number of carbonyl (C=O) groups excluding carboxylic acids is 1. The molecule has 0 aromatic carbocycles. The predicted molar refractivity (Wildman–Crippen MR) is 51.9 cm³/mol. The van der Waals surface area contributed by atoms with Gasteiger partial charge in [0, 0.05) is 19.3 Å². The Morgan fingerprint density at radius 2 is 2.14 bits per heavy atom. The number of rotatable bonds is 3. The van der Waals surface area contributed by atoms with Gasteiger partial charge in [0.1, 0.15) is 5.78 Å². The molecule has 3 nitrogen and oxygen atoms in total. The van der Waals surface area contributed by atoms with Crippen LogP contribution in [0.1, 0.15) is 39.0 Å². The van der Waals surface area contributed by atoms with Crippen LogP contribution < -0.4 is 0 Å². The molecule has 0 aromatic rings. The van der Waals surface area contributed by atoms with Crippen LogP contribution in [0, 0.1) is 5.92 Å². The number of ketones is 1. The third-order valence-electron chi connectivity index (χ3n) is 3.25. The molecule has 0 spiro atoms. The van der Waals surface area contributed by atoms with Crippen LogP contribution in [0.15, 0.2) is 0 Å². The van der Waals surface area contributed by atoms with Gasteiger partial charge in [-0.15, -0.1) is 0 Å². The fourth-order valence-electron chi connectivity index (χ4n) is 2.31. The summed E-state index contributed by atoms with van der Waals surface area (Å²) in [5.74, 6) is 0.631. The summed E-state index contributed by atoms with van der Waals surface area (Å²) in [5.41, 5.74) is 0. The van der Waals surface area contributed by atoms with Crippen LogP contribution in [0.25, 0.3) is 0 Å². The first-order valence-electron chi connectivity index (χ1n) is 5.48. The highest BCUT2D eigenvalue weighted by Gasteiger charge is 2.32. The van der Waals surface area contributed by atoms with Crippen LogP contribution in [0.2, 0.25) is 0 Å². The Labute approximate surface area is 84.8 Å². The first-order valence-corrected chi connectivity index (χ1v) is 5.48. The van der Waals surface area contributed by atoms with Crippen molar-refractivity contribution in [3.8, 4) is 0 Å². The molecule has 1 aliphatic carbocycles. The van der Waals surface area contributed by atoms with E-state index in [1.165, 1.54) is 0 Å². The van der Waals surface area contributed by atoms with Gasteiger partial charge in [-0.25, -0.2) is 0 Å². The molecule has 2 rings (SSSR count). The fourth-order valence-corrected chi connectivity index (χ4v) is 2.31. The number of hydrogen-bond donors (Lipinski definition) is 0. The van der Waals surface area contributed by atoms with E-state index in [0.717, 1.165) is 32.1 Å². The minimum atomic E-state index is -0.369.